The lowest BCUT2D eigenvalue weighted by atomic mass is 10.1. The Labute approximate surface area is 188 Å². The number of anilines is 1. The summed E-state index contributed by atoms with van der Waals surface area (Å²) >= 11 is 0. The van der Waals surface area contributed by atoms with Gasteiger partial charge in [0, 0.05) is 17.8 Å². The Kier molecular flexibility index (Phi) is 7.27. The predicted octanol–water partition coefficient (Wildman–Crippen LogP) is 3.97. The van der Waals surface area contributed by atoms with Gasteiger partial charge in [0.15, 0.2) is 0 Å². The number of hydrogen-bond acceptors (Lipinski definition) is 4. The number of halogens is 1. The number of aryl methyl sites for hydroxylation is 1. The normalized spacial score (nSPS) is 12.4. The van der Waals surface area contributed by atoms with Crippen molar-refractivity contribution in [1.29, 1.82) is 0 Å². The quantitative estimate of drug-likeness (QED) is 0.539. The molecule has 0 saturated carbocycles. The van der Waals surface area contributed by atoms with Gasteiger partial charge in [0.2, 0.25) is 0 Å². The minimum atomic E-state index is -3.87. The molecule has 0 saturated heterocycles. The first-order valence-electron chi connectivity index (χ1n) is 10.1. The van der Waals surface area contributed by atoms with E-state index in [4.69, 9.17) is 0 Å². The van der Waals surface area contributed by atoms with Crippen LogP contribution in [0.2, 0.25) is 0 Å². The molecule has 1 atom stereocenters. The van der Waals surface area contributed by atoms with Gasteiger partial charge in [-0.1, -0.05) is 30.3 Å². The topological polar surface area (TPSA) is 78.5 Å². The number of rotatable bonds is 8. The maximum Gasteiger partial charge on any atom is 0.261 e. The molecular weight excluding hydrogens is 429 g/mol. The number of amides is 1. The van der Waals surface area contributed by atoms with Crippen LogP contribution < -0.4 is 10.0 Å². The fourth-order valence-electron chi connectivity index (χ4n) is 3.25. The Morgan fingerprint density at radius 1 is 1.00 bits per heavy atom. The predicted molar refractivity (Wildman–Crippen MR) is 124 cm³/mol. The van der Waals surface area contributed by atoms with E-state index in [1.165, 1.54) is 31.2 Å². The number of nitrogens with one attached hydrogen (secondary N) is 2. The van der Waals surface area contributed by atoms with Crippen molar-refractivity contribution in [3.8, 4) is 0 Å². The highest BCUT2D eigenvalue weighted by Crippen LogP contribution is 2.20. The molecule has 0 spiro atoms. The largest absolute Gasteiger partial charge is 0.350 e. The lowest BCUT2D eigenvalue weighted by molar-refractivity contribution is 0.0942. The number of nitrogens with zero attached hydrogens (tertiary/aromatic N) is 1. The second kappa shape index (κ2) is 9.93. The fraction of sp³-hybridized carbons (Fsp3) is 0.208. The van der Waals surface area contributed by atoms with Gasteiger partial charge in [0.05, 0.1) is 10.9 Å². The lowest BCUT2D eigenvalue weighted by Crippen LogP contribution is -2.34. The van der Waals surface area contributed by atoms with Crippen molar-refractivity contribution < 1.29 is 17.6 Å². The van der Waals surface area contributed by atoms with Gasteiger partial charge >= 0.3 is 0 Å². The Hall–Kier alpha value is -3.23. The maximum atomic E-state index is 13.4. The van der Waals surface area contributed by atoms with Gasteiger partial charge in [0.1, 0.15) is 5.82 Å². The molecule has 0 aliphatic rings. The smallest absolute Gasteiger partial charge is 0.261 e. The molecule has 0 aliphatic heterocycles. The second-order valence-electron chi connectivity index (χ2n) is 7.69. The molecule has 32 heavy (non-hydrogen) atoms. The Balaban J connectivity index is 1.65. The molecule has 0 aliphatic carbocycles. The van der Waals surface area contributed by atoms with Crippen molar-refractivity contribution in [2.45, 2.75) is 17.9 Å². The first-order valence-corrected chi connectivity index (χ1v) is 11.5. The number of carbonyl (C=O) groups excluding carboxylic acids is 1. The van der Waals surface area contributed by atoms with E-state index in [-0.39, 0.29) is 22.4 Å². The molecular formula is C24H26FN3O3S. The van der Waals surface area contributed by atoms with Gasteiger partial charge < -0.3 is 10.2 Å². The van der Waals surface area contributed by atoms with E-state index < -0.39 is 15.8 Å². The van der Waals surface area contributed by atoms with E-state index in [0.29, 0.717) is 17.8 Å². The van der Waals surface area contributed by atoms with Gasteiger partial charge in [-0.2, -0.15) is 0 Å². The molecule has 0 heterocycles. The van der Waals surface area contributed by atoms with Crippen LogP contribution in [0.4, 0.5) is 10.1 Å². The first-order chi connectivity index (χ1) is 15.2. The molecule has 2 N–H and O–H groups in total. The summed E-state index contributed by atoms with van der Waals surface area (Å²) in [7, 11) is 0.0334. The van der Waals surface area contributed by atoms with Crippen LogP contribution in [0, 0.1) is 12.7 Å². The lowest BCUT2D eigenvalue weighted by Gasteiger charge is -2.25. The SMILES string of the molecule is Cc1cc(S(=O)(=O)Nc2ccc(C(=O)NC[C@@H](c3ccccc3)N(C)C)cc2)ccc1F. The molecule has 3 aromatic rings. The summed E-state index contributed by atoms with van der Waals surface area (Å²) in [5, 5.41) is 2.93. The minimum absolute atomic E-state index is 0.0189. The fourth-order valence-corrected chi connectivity index (χ4v) is 4.40. The Morgan fingerprint density at radius 3 is 2.25 bits per heavy atom. The summed E-state index contributed by atoms with van der Waals surface area (Å²) in [6.07, 6.45) is 0. The molecule has 6 nitrogen and oxygen atoms in total. The van der Waals surface area contributed by atoms with Crippen LogP contribution in [0.3, 0.4) is 0 Å². The molecule has 3 rings (SSSR count). The van der Waals surface area contributed by atoms with Crippen molar-refractivity contribution >= 4 is 21.6 Å². The summed E-state index contributed by atoms with van der Waals surface area (Å²) in [6, 6.07) is 19.6. The molecule has 0 radical (unpaired) electrons. The molecule has 0 unspecified atom stereocenters. The Morgan fingerprint density at radius 2 is 1.66 bits per heavy atom. The van der Waals surface area contributed by atoms with Crippen LogP contribution in [-0.4, -0.2) is 39.9 Å². The number of carbonyl (C=O) groups is 1. The standard InChI is InChI=1S/C24H26FN3O3S/c1-17-15-21(13-14-22(17)25)32(30,31)27-20-11-9-19(10-12-20)24(29)26-16-23(28(2)3)18-7-5-4-6-8-18/h4-15,23,27H,16H2,1-3H3,(H,26,29)/t23-/m0/s1. The Bertz CT molecular complexity index is 1180. The summed E-state index contributed by atoms with van der Waals surface area (Å²) < 4.78 is 41.0. The third-order valence-electron chi connectivity index (χ3n) is 5.10. The van der Waals surface area contributed by atoms with Crippen molar-refractivity contribution in [2.75, 3.05) is 25.4 Å². The molecule has 8 heteroatoms. The first kappa shape index (κ1) is 23.4. The van der Waals surface area contributed by atoms with Crippen LogP contribution in [0.5, 0.6) is 0 Å². The molecule has 0 fully saturated rings. The summed E-state index contributed by atoms with van der Waals surface area (Å²) in [5.41, 5.74) is 2.06. The van der Waals surface area contributed by atoms with Crippen LogP contribution in [0.15, 0.2) is 77.7 Å². The third kappa shape index (κ3) is 5.72. The molecule has 1 amide bonds. The van der Waals surface area contributed by atoms with Crippen LogP contribution in [0.1, 0.15) is 27.5 Å². The summed E-state index contributed by atoms with van der Waals surface area (Å²) in [5.74, 6) is -0.723. The van der Waals surface area contributed by atoms with E-state index in [9.17, 15) is 17.6 Å². The molecule has 168 valence electrons. The van der Waals surface area contributed by atoms with E-state index in [1.54, 1.807) is 12.1 Å². The van der Waals surface area contributed by atoms with Gasteiger partial charge in [-0.05, 0) is 74.6 Å². The van der Waals surface area contributed by atoms with Gasteiger partial charge in [-0.25, -0.2) is 12.8 Å². The minimum Gasteiger partial charge on any atom is -0.350 e. The number of likely N-dealkylation sites (N-methyl/N-ethyl adjacent to an activating group) is 1. The van der Waals surface area contributed by atoms with Crippen molar-refractivity contribution in [1.82, 2.24) is 10.2 Å². The second-order valence-corrected chi connectivity index (χ2v) is 9.38. The summed E-state index contributed by atoms with van der Waals surface area (Å²) in [6.45, 7) is 1.93. The number of hydrogen-bond donors (Lipinski definition) is 2. The average molecular weight is 456 g/mol. The van der Waals surface area contributed by atoms with Crippen molar-refractivity contribution in [2.24, 2.45) is 0 Å². The molecule has 3 aromatic carbocycles. The van der Waals surface area contributed by atoms with Crippen LogP contribution >= 0.6 is 0 Å². The number of sulfonamides is 1. The highest BCUT2D eigenvalue weighted by atomic mass is 32.2. The zero-order chi connectivity index (χ0) is 23.3. The zero-order valence-corrected chi connectivity index (χ0v) is 19.0. The molecule has 0 aromatic heterocycles. The summed E-state index contributed by atoms with van der Waals surface area (Å²) in [4.78, 5) is 14.6. The van der Waals surface area contributed by atoms with Crippen molar-refractivity contribution in [3.63, 3.8) is 0 Å². The van der Waals surface area contributed by atoms with Crippen LogP contribution in [0.25, 0.3) is 0 Å². The molecule has 0 bridgehead atoms. The van der Waals surface area contributed by atoms with Gasteiger partial charge in [0.25, 0.3) is 15.9 Å². The maximum absolute atomic E-state index is 13.4. The highest BCUT2D eigenvalue weighted by molar-refractivity contribution is 7.92. The van der Waals surface area contributed by atoms with E-state index >= 15 is 0 Å². The van der Waals surface area contributed by atoms with E-state index in [0.717, 1.165) is 11.6 Å². The highest BCUT2D eigenvalue weighted by Gasteiger charge is 2.17. The van der Waals surface area contributed by atoms with E-state index in [2.05, 4.69) is 10.0 Å². The zero-order valence-electron chi connectivity index (χ0n) is 18.2. The van der Waals surface area contributed by atoms with Crippen LogP contribution in [-0.2, 0) is 10.0 Å². The third-order valence-corrected chi connectivity index (χ3v) is 6.48. The van der Waals surface area contributed by atoms with Gasteiger partial charge in [-0.3, -0.25) is 9.52 Å². The van der Waals surface area contributed by atoms with Gasteiger partial charge in [-0.15, -0.1) is 0 Å². The number of benzene rings is 3. The monoisotopic (exact) mass is 455 g/mol. The van der Waals surface area contributed by atoms with Crippen molar-refractivity contribution in [3.05, 3.63) is 95.3 Å². The average Bonchev–Trinajstić information content (AvgIpc) is 2.76. The van der Waals surface area contributed by atoms with E-state index in [1.807, 2.05) is 49.3 Å².